The molecule has 21 heavy (non-hydrogen) atoms. The van der Waals surface area contributed by atoms with Crippen molar-refractivity contribution in [2.75, 3.05) is 5.75 Å². The van der Waals surface area contributed by atoms with Crippen LogP contribution in [0.4, 0.5) is 0 Å². The highest BCUT2D eigenvalue weighted by Crippen LogP contribution is 2.32. The molecule has 0 aliphatic heterocycles. The van der Waals surface area contributed by atoms with Crippen LogP contribution in [0.3, 0.4) is 0 Å². The molecule has 2 N–H and O–H groups in total. The van der Waals surface area contributed by atoms with Crippen molar-refractivity contribution < 1.29 is 13.5 Å². The highest BCUT2D eigenvalue weighted by atomic mass is 79.9. The first-order chi connectivity index (χ1) is 9.97. The van der Waals surface area contributed by atoms with E-state index in [1.807, 2.05) is 11.8 Å². The zero-order chi connectivity index (χ0) is 15.5. The molecule has 0 heterocycles. The average Bonchev–Trinajstić information content (AvgIpc) is 2.85. The third kappa shape index (κ3) is 4.22. The van der Waals surface area contributed by atoms with Crippen molar-refractivity contribution in [3.05, 3.63) is 28.2 Å². The molecule has 0 saturated heterocycles. The van der Waals surface area contributed by atoms with Gasteiger partial charge in [0.2, 0.25) is 10.0 Å². The van der Waals surface area contributed by atoms with Crippen molar-refractivity contribution in [3.8, 4) is 0 Å². The summed E-state index contributed by atoms with van der Waals surface area (Å²) in [5.41, 5.74) is 0.682. The van der Waals surface area contributed by atoms with Gasteiger partial charge in [-0.1, -0.05) is 19.4 Å². The fourth-order valence-electron chi connectivity index (χ4n) is 2.60. The summed E-state index contributed by atoms with van der Waals surface area (Å²) in [4.78, 5) is 0.229. The Morgan fingerprint density at radius 3 is 2.81 bits per heavy atom. The van der Waals surface area contributed by atoms with Gasteiger partial charge in [0, 0.05) is 15.8 Å². The van der Waals surface area contributed by atoms with Crippen LogP contribution in [0.15, 0.2) is 27.6 Å². The third-order valence-corrected chi connectivity index (χ3v) is 7.40. The number of hydrogen-bond donors (Lipinski definition) is 2. The van der Waals surface area contributed by atoms with Gasteiger partial charge >= 0.3 is 0 Å². The number of nitrogens with one attached hydrogen (secondary N) is 1. The number of hydrogen-bond acceptors (Lipinski definition) is 4. The number of halogens is 1. The summed E-state index contributed by atoms with van der Waals surface area (Å²) in [6.07, 6.45) is 3.02. The number of sulfonamides is 1. The van der Waals surface area contributed by atoms with E-state index in [1.54, 1.807) is 12.1 Å². The lowest BCUT2D eigenvalue weighted by atomic mass is 10.2. The van der Waals surface area contributed by atoms with Crippen LogP contribution in [0.5, 0.6) is 0 Å². The number of thioether (sulfide) groups is 1. The van der Waals surface area contributed by atoms with E-state index in [-0.39, 0.29) is 17.5 Å². The van der Waals surface area contributed by atoms with E-state index < -0.39 is 10.0 Å². The number of aliphatic hydroxyl groups is 1. The second-order valence-corrected chi connectivity index (χ2v) is 9.13. The molecule has 2 atom stereocenters. The molecule has 1 aliphatic rings. The molecular weight excluding hydrogens is 374 g/mol. The van der Waals surface area contributed by atoms with Crippen LogP contribution in [-0.2, 0) is 16.6 Å². The van der Waals surface area contributed by atoms with Gasteiger partial charge in [-0.25, -0.2) is 13.1 Å². The molecule has 1 saturated carbocycles. The van der Waals surface area contributed by atoms with Crippen LogP contribution in [0.25, 0.3) is 0 Å². The van der Waals surface area contributed by atoms with Crippen LogP contribution in [0.1, 0.15) is 31.7 Å². The van der Waals surface area contributed by atoms with Gasteiger partial charge in [-0.05, 0) is 52.2 Å². The van der Waals surface area contributed by atoms with E-state index in [9.17, 15) is 8.42 Å². The molecule has 7 heteroatoms. The Hall–Kier alpha value is -0.0800. The van der Waals surface area contributed by atoms with Gasteiger partial charge in [-0.3, -0.25) is 0 Å². The minimum atomic E-state index is -3.54. The Labute approximate surface area is 138 Å². The topological polar surface area (TPSA) is 66.4 Å². The second kappa shape index (κ2) is 7.46. The second-order valence-electron chi connectivity index (χ2n) is 5.08. The lowest BCUT2D eigenvalue weighted by Crippen LogP contribution is -2.38. The maximum absolute atomic E-state index is 12.5. The van der Waals surface area contributed by atoms with Crippen molar-refractivity contribution in [3.63, 3.8) is 0 Å². The van der Waals surface area contributed by atoms with Gasteiger partial charge in [-0.2, -0.15) is 11.8 Å². The predicted octanol–water partition coefficient (Wildman–Crippen LogP) is 2.89. The monoisotopic (exact) mass is 393 g/mol. The van der Waals surface area contributed by atoms with Crippen molar-refractivity contribution >= 4 is 37.7 Å². The standard InChI is InChI=1S/C14H20BrNO3S2/c1-2-20-13-5-3-4-12(13)16-21(18,19)14-7-6-10(9-17)8-11(14)15/h6-8,12-13,16-17H,2-5,9H2,1H3. The van der Waals surface area contributed by atoms with Crippen molar-refractivity contribution in [2.45, 2.75) is 49.0 Å². The van der Waals surface area contributed by atoms with Crippen LogP contribution >= 0.6 is 27.7 Å². The molecule has 1 aliphatic carbocycles. The molecule has 0 spiro atoms. The molecule has 4 nitrogen and oxygen atoms in total. The van der Waals surface area contributed by atoms with Gasteiger partial charge in [0.05, 0.1) is 11.5 Å². The maximum atomic E-state index is 12.5. The van der Waals surface area contributed by atoms with Crippen LogP contribution in [0.2, 0.25) is 0 Å². The molecule has 2 unspecified atom stereocenters. The molecule has 2 rings (SSSR count). The van der Waals surface area contributed by atoms with Gasteiger partial charge < -0.3 is 5.11 Å². The molecule has 118 valence electrons. The largest absolute Gasteiger partial charge is 0.392 e. The minimum Gasteiger partial charge on any atom is -0.392 e. The number of rotatable bonds is 6. The lowest BCUT2D eigenvalue weighted by Gasteiger charge is -2.20. The van der Waals surface area contributed by atoms with E-state index in [0.29, 0.717) is 15.3 Å². The Morgan fingerprint density at radius 2 is 2.19 bits per heavy atom. The van der Waals surface area contributed by atoms with Gasteiger partial charge in [0.1, 0.15) is 0 Å². The van der Waals surface area contributed by atoms with E-state index in [0.717, 1.165) is 25.0 Å². The van der Waals surface area contributed by atoms with Gasteiger partial charge in [0.15, 0.2) is 0 Å². The summed E-state index contributed by atoms with van der Waals surface area (Å²) in [5.74, 6) is 0.998. The summed E-state index contributed by atoms with van der Waals surface area (Å²) in [6.45, 7) is 1.99. The molecule has 1 aromatic carbocycles. The Bertz CT molecular complexity index is 592. The fourth-order valence-corrected chi connectivity index (χ4v) is 6.32. The average molecular weight is 394 g/mol. The maximum Gasteiger partial charge on any atom is 0.241 e. The molecule has 1 aromatic rings. The van der Waals surface area contributed by atoms with Crippen molar-refractivity contribution in [1.82, 2.24) is 4.72 Å². The Kier molecular flexibility index (Phi) is 6.14. The molecule has 1 fully saturated rings. The van der Waals surface area contributed by atoms with Crippen LogP contribution < -0.4 is 4.72 Å². The van der Waals surface area contributed by atoms with Gasteiger partial charge in [-0.15, -0.1) is 0 Å². The summed E-state index contributed by atoms with van der Waals surface area (Å²) in [5, 5.41) is 9.45. The van der Waals surface area contributed by atoms with E-state index in [4.69, 9.17) is 5.11 Å². The van der Waals surface area contributed by atoms with E-state index in [1.165, 1.54) is 6.07 Å². The Morgan fingerprint density at radius 1 is 1.43 bits per heavy atom. The SMILES string of the molecule is CCSC1CCCC1NS(=O)(=O)c1ccc(CO)cc1Br. The normalized spacial score (nSPS) is 22.6. The predicted molar refractivity (Wildman–Crippen MR) is 89.9 cm³/mol. The summed E-state index contributed by atoms with van der Waals surface area (Å²) in [7, 11) is -3.54. The summed E-state index contributed by atoms with van der Waals surface area (Å²) < 4.78 is 28.4. The van der Waals surface area contributed by atoms with Crippen molar-refractivity contribution in [1.29, 1.82) is 0 Å². The Balaban J connectivity index is 2.18. The van der Waals surface area contributed by atoms with Crippen LogP contribution in [-0.4, -0.2) is 30.6 Å². The first-order valence-corrected chi connectivity index (χ1v) is 10.3. The highest BCUT2D eigenvalue weighted by molar-refractivity contribution is 9.10. The minimum absolute atomic E-state index is 0.00404. The third-order valence-electron chi connectivity index (χ3n) is 3.61. The molecule has 0 bridgehead atoms. The molecule has 0 aromatic heterocycles. The zero-order valence-electron chi connectivity index (χ0n) is 11.9. The molecular formula is C14H20BrNO3S2. The molecule has 0 amide bonds. The fraction of sp³-hybridized carbons (Fsp3) is 0.571. The lowest BCUT2D eigenvalue weighted by molar-refractivity contribution is 0.281. The molecule has 0 radical (unpaired) electrons. The smallest absolute Gasteiger partial charge is 0.241 e. The van der Waals surface area contributed by atoms with Crippen molar-refractivity contribution in [2.24, 2.45) is 0 Å². The summed E-state index contributed by atoms with van der Waals surface area (Å²) >= 11 is 5.10. The number of aliphatic hydroxyl groups excluding tert-OH is 1. The number of benzene rings is 1. The summed E-state index contributed by atoms with van der Waals surface area (Å²) in [6, 6.07) is 4.81. The van der Waals surface area contributed by atoms with Crippen LogP contribution in [0, 0.1) is 0 Å². The zero-order valence-corrected chi connectivity index (χ0v) is 15.1. The first-order valence-electron chi connectivity index (χ1n) is 7.01. The van der Waals surface area contributed by atoms with E-state index >= 15 is 0 Å². The van der Waals surface area contributed by atoms with E-state index in [2.05, 4.69) is 27.6 Å². The first kappa shape index (κ1) is 17.3. The van der Waals surface area contributed by atoms with Gasteiger partial charge in [0.25, 0.3) is 0 Å². The quantitative estimate of drug-likeness (QED) is 0.779. The highest BCUT2D eigenvalue weighted by Gasteiger charge is 2.31.